The molecular formula is C15H14FN3O. The molecule has 1 aliphatic heterocycles. The highest BCUT2D eigenvalue weighted by atomic mass is 19.1. The van der Waals surface area contributed by atoms with Gasteiger partial charge in [0.2, 0.25) is 0 Å². The van der Waals surface area contributed by atoms with Crippen LogP contribution in [-0.4, -0.2) is 17.4 Å². The summed E-state index contributed by atoms with van der Waals surface area (Å²) < 4.78 is 12.8. The van der Waals surface area contributed by atoms with Gasteiger partial charge in [0.15, 0.2) is 0 Å². The van der Waals surface area contributed by atoms with E-state index in [9.17, 15) is 9.18 Å². The molecule has 20 heavy (non-hydrogen) atoms. The summed E-state index contributed by atoms with van der Waals surface area (Å²) in [6, 6.07) is 8.45. The normalized spacial score (nSPS) is 13.7. The van der Waals surface area contributed by atoms with E-state index in [4.69, 9.17) is 0 Å². The topological polar surface area (TPSA) is 54.0 Å². The van der Waals surface area contributed by atoms with Crippen molar-refractivity contribution in [2.24, 2.45) is 0 Å². The Hall–Kier alpha value is -2.27. The zero-order valence-electron chi connectivity index (χ0n) is 10.8. The number of benzene rings is 1. The van der Waals surface area contributed by atoms with Crippen LogP contribution >= 0.6 is 0 Å². The first-order chi connectivity index (χ1) is 9.74. The molecule has 1 aromatic heterocycles. The van der Waals surface area contributed by atoms with Crippen LogP contribution in [0.2, 0.25) is 0 Å². The standard InChI is InChI=1S/C15H14FN3O/c16-11-4-5-14(18-9-11)15(20)19-13-3-1-2-10-8-17-7-6-12(10)13/h1-5,9,17H,6-8H2,(H,19,20). The van der Waals surface area contributed by atoms with Gasteiger partial charge >= 0.3 is 0 Å². The molecule has 0 radical (unpaired) electrons. The van der Waals surface area contributed by atoms with Gasteiger partial charge in [-0.2, -0.15) is 0 Å². The fourth-order valence-electron chi connectivity index (χ4n) is 2.35. The molecule has 5 heteroatoms. The second kappa shape index (κ2) is 5.38. The van der Waals surface area contributed by atoms with Crippen LogP contribution in [0.25, 0.3) is 0 Å². The summed E-state index contributed by atoms with van der Waals surface area (Å²) in [5.74, 6) is -0.776. The van der Waals surface area contributed by atoms with Crippen LogP contribution in [0.4, 0.5) is 10.1 Å². The third-order valence-corrected chi connectivity index (χ3v) is 3.35. The number of halogens is 1. The van der Waals surface area contributed by atoms with Gasteiger partial charge in [-0.15, -0.1) is 0 Å². The lowest BCUT2D eigenvalue weighted by Gasteiger charge is -2.20. The lowest BCUT2D eigenvalue weighted by Crippen LogP contribution is -2.25. The van der Waals surface area contributed by atoms with Crippen LogP contribution in [0.15, 0.2) is 36.5 Å². The van der Waals surface area contributed by atoms with E-state index in [1.54, 1.807) is 0 Å². The number of anilines is 1. The molecule has 2 heterocycles. The zero-order valence-corrected chi connectivity index (χ0v) is 10.8. The van der Waals surface area contributed by atoms with Gasteiger partial charge in [0.05, 0.1) is 6.20 Å². The Balaban J connectivity index is 1.84. The maximum absolute atomic E-state index is 12.8. The maximum atomic E-state index is 12.8. The van der Waals surface area contributed by atoms with Crippen molar-refractivity contribution in [3.63, 3.8) is 0 Å². The number of hydrogen-bond donors (Lipinski definition) is 2. The average Bonchev–Trinajstić information content (AvgIpc) is 2.48. The molecule has 0 saturated carbocycles. The Morgan fingerprint density at radius 3 is 3.00 bits per heavy atom. The first-order valence-corrected chi connectivity index (χ1v) is 6.48. The molecule has 0 atom stereocenters. The van der Waals surface area contributed by atoms with Crippen LogP contribution in [0.1, 0.15) is 21.6 Å². The third kappa shape index (κ3) is 2.53. The molecule has 0 bridgehead atoms. The van der Waals surface area contributed by atoms with Gasteiger partial charge in [-0.3, -0.25) is 4.79 Å². The number of carbonyl (C=O) groups is 1. The van der Waals surface area contributed by atoms with E-state index in [0.29, 0.717) is 0 Å². The summed E-state index contributed by atoms with van der Waals surface area (Å²) in [5.41, 5.74) is 3.36. The Kier molecular flexibility index (Phi) is 3.43. The first kappa shape index (κ1) is 12.7. The minimum Gasteiger partial charge on any atom is -0.320 e. The Morgan fingerprint density at radius 2 is 2.20 bits per heavy atom. The van der Waals surface area contributed by atoms with Crippen LogP contribution in [-0.2, 0) is 13.0 Å². The van der Waals surface area contributed by atoms with Crippen LogP contribution < -0.4 is 10.6 Å². The number of carbonyl (C=O) groups excluding carboxylic acids is 1. The molecule has 0 spiro atoms. The van der Waals surface area contributed by atoms with E-state index < -0.39 is 5.82 Å². The van der Waals surface area contributed by atoms with Crippen molar-refractivity contribution in [1.82, 2.24) is 10.3 Å². The van der Waals surface area contributed by atoms with Gasteiger partial charge < -0.3 is 10.6 Å². The predicted octanol–water partition coefficient (Wildman–Crippen LogP) is 2.12. The van der Waals surface area contributed by atoms with Crippen molar-refractivity contribution in [1.29, 1.82) is 0 Å². The molecule has 102 valence electrons. The smallest absolute Gasteiger partial charge is 0.274 e. The fraction of sp³-hybridized carbons (Fsp3) is 0.200. The summed E-state index contributed by atoms with van der Waals surface area (Å²) in [5, 5.41) is 6.15. The van der Waals surface area contributed by atoms with Crippen LogP contribution in [0, 0.1) is 5.82 Å². The summed E-state index contributed by atoms with van der Waals surface area (Å²) in [7, 11) is 0. The molecule has 0 fully saturated rings. The van der Waals surface area contributed by atoms with E-state index >= 15 is 0 Å². The lowest BCUT2D eigenvalue weighted by atomic mass is 9.99. The minimum absolute atomic E-state index is 0.206. The third-order valence-electron chi connectivity index (χ3n) is 3.35. The number of pyridine rings is 1. The maximum Gasteiger partial charge on any atom is 0.274 e. The van der Waals surface area contributed by atoms with Gasteiger partial charge in [-0.05, 0) is 42.3 Å². The first-order valence-electron chi connectivity index (χ1n) is 6.48. The van der Waals surface area contributed by atoms with Crippen molar-refractivity contribution in [2.45, 2.75) is 13.0 Å². The van der Waals surface area contributed by atoms with Gasteiger partial charge in [-0.1, -0.05) is 12.1 Å². The number of nitrogens with one attached hydrogen (secondary N) is 2. The molecule has 1 amide bonds. The average molecular weight is 271 g/mol. The van der Waals surface area contributed by atoms with Gasteiger partial charge in [-0.25, -0.2) is 9.37 Å². The highest BCUT2D eigenvalue weighted by Gasteiger charge is 2.15. The van der Waals surface area contributed by atoms with Crippen molar-refractivity contribution in [3.05, 3.63) is 59.2 Å². The van der Waals surface area contributed by atoms with E-state index in [1.807, 2.05) is 18.2 Å². The molecule has 3 rings (SSSR count). The number of aromatic nitrogens is 1. The minimum atomic E-state index is -0.454. The Morgan fingerprint density at radius 1 is 1.30 bits per heavy atom. The number of hydrogen-bond acceptors (Lipinski definition) is 3. The largest absolute Gasteiger partial charge is 0.320 e. The number of amides is 1. The monoisotopic (exact) mass is 271 g/mol. The summed E-state index contributed by atoms with van der Waals surface area (Å²) in [6.45, 7) is 1.71. The fourth-order valence-corrected chi connectivity index (χ4v) is 2.35. The van der Waals surface area contributed by atoms with Gasteiger partial charge in [0.1, 0.15) is 11.5 Å². The zero-order chi connectivity index (χ0) is 13.9. The van der Waals surface area contributed by atoms with E-state index in [-0.39, 0.29) is 11.6 Å². The van der Waals surface area contributed by atoms with E-state index in [1.165, 1.54) is 17.7 Å². The highest BCUT2D eigenvalue weighted by Crippen LogP contribution is 2.23. The molecule has 1 aromatic carbocycles. The second-order valence-corrected chi connectivity index (χ2v) is 4.69. The van der Waals surface area contributed by atoms with E-state index in [0.717, 1.165) is 37.0 Å². The lowest BCUT2D eigenvalue weighted by molar-refractivity contribution is 0.102. The summed E-state index contributed by atoms with van der Waals surface area (Å²) >= 11 is 0. The number of rotatable bonds is 2. The Labute approximate surface area is 116 Å². The number of nitrogens with zero attached hydrogens (tertiary/aromatic N) is 1. The van der Waals surface area contributed by atoms with Gasteiger partial charge in [0.25, 0.3) is 5.91 Å². The predicted molar refractivity (Wildman–Crippen MR) is 74.0 cm³/mol. The van der Waals surface area contributed by atoms with E-state index in [2.05, 4.69) is 15.6 Å². The SMILES string of the molecule is O=C(Nc1cccc2c1CCNC2)c1ccc(F)cn1. The quantitative estimate of drug-likeness (QED) is 0.879. The number of fused-ring (bicyclic) bond motifs is 1. The van der Waals surface area contributed by atoms with Crippen molar-refractivity contribution >= 4 is 11.6 Å². The molecule has 0 unspecified atom stereocenters. The summed E-state index contributed by atoms with van der Waals surface area (Å²) in [6.07, 6.45) is 1.92. The van der Waals surface area contributed by atoms with Crippen LogP contribution in [0.3, 0.4) is 0 Å². The summed E-state index contributed by atoms with van der Waals surface area (Å²) in [4.78, 5) is 15.9. The van der Waals surface area contributed by atoms with Crippen LogP contribution in [0.5, 0.6) is 0 Å². The molecule has 2 N–H and O–H groups in total. The molecule has 0 saturated heterocycles. The van der Waals surface area contributed by atoms with Crippen molar-refractivity contribution in [3.8, 4) is 0 Å². The molecule has 2 aromatic rings. The Bertz CT molecular complexity index is 640. The highest BCUT2D eigenvalue weighted by molar-refractivity contribution is 6.03. The molecule has 0 aliphatic carbocycles. The molecule has 4 nitrogen and oxygen atoms in total. The second-order valence-electron chi connectivity index (χ2n) is 4.69. The van der Waals surface area contributed by atoms with Crippen molar-refractivity contribution < 1.29 is 9.18 Å². The van der Waals surface area contributed by atoms with Crippen molar-refractivity contribution in [2.75, 3.05) is 11.9 Å². The molecule has 1 aliphatic rings. The van der Waals surface area contributed by atoms with Gasteiger partial charge in [0, 0.05) is 12.2 Å². The molecular weight excluding hydrogens is 257 g/mol.